The smallest absolute Gasteiger partial charge is 0.404 e. The van der Waals surface area contributed by atoms with E-state index in [4.69, 9.17) is 10.5 Å². The molecule has 1 amide bonds. The Bertz CT molecular complexity index is 519. The molecular formula is C16H22BrN3O2. The summed E-state index contributed by atoms with van der Waals surface area (Å²) in [7, 11) is 0. The monoisotopic (exact) mass is 367 g/mol. The Morgan fingerprint density at radius 2 is 2.14 bits per heavy atom. The second-order valence-corrected chi connectivity index (χ2v) is 7.47. The zero-order valence-electron chi connectivity index (χ0n) is 12.6. The molecule has 22 heavy (non-hydrogen) atoms. The number of pyridine rings is 1. The lowest BCUT2D eigenvalue weighted by Gasteiger charge is -2.52. The summed E-state index contributed by atoms with van der Waals surface area (Å²) in [6.07, 6.45) is 7.13. The van der Waals surface area contributed by atoms with Crippen molar-refractivity contribution < 1.29 is 9.53 Å². The molecule has 2 heterocycles. The van der Waals surface area contributed by atoms with Gasteiger partial charge in [0, 0.05) is 23.8 Å². The molecule has 1 saturated carbocycles. The molecule has 1 aromatic heterocycles. The van der Waals surface area contributed by atoms with Crippen molar-refractivity contribution in [3.05, 3.63) is 22.8 Å². The highest BCUT2D eigenvalue weighted by molar-refractivity contribution is 9.10. The number of carbonyl (C=O) groups excluding carboxylic acids is 1. The molecule has 3 rings (SSSR count). The molecule has 2 aliphatic rings. The van der Waals surface area contributed by atoms with Crippen molar-refractivity contribution in [2.45, 2.75) is 32.1 Å². The SMILES string of the molecule is NC(=O)OCCC1CC2(CCN(c3ccc(Br)cn3)CC2)C1. The summed E-state index contributed by atoms with van der Waals surface area (Å²) in [6.45, 7) is 2.63. The molecule has 1 aromatic rings. The second kappa shape index (κ2) is 6.44. The van der Waals surface area contributed by atoms with Gasteiger partial charge in [0.05, 0.1) is 6.61 Å². The van der Waals surface area contributed by atoms with Crippen LogP contribution in [-0.2, 0) is 4.74 Å². The number of halogens is 1. The third-order valence-corrected chi connectivity index (χ3v) is 5.54. The minimum absolute atomic E-state index is 0.463. The molecular weight excluding hydrogens is 346 g/mol. The van der Waals surface area contributed by atoms with Crippen LogP contribution in [0, 0.1) is 11.3 Å². The van der Waals surface area contributed by atoms with Crippen LogP contribution in [0.4, 0.5) is 10.6 Å². The first-order valence-electron chi connectivity index (χ1n) is 7.85. The highest BCUT2D eigenvalue weighted by Gasteiger charge is 2.45. The number of ether oxygens (including phenoxy) is 1. The van der Waals surface area contributed by atoms with Gasteiger partial charge in [-0.2, -0.15) is 0 Å². The van der Waals surface area contributed by atoms with Gasteiger partial charge < -0.3 is 15.4 Å². The maximum atomic E-state index is 10.6. The van der Waals surface area contributed by atoms with E-state index < -0.39 is 6.09 Å². The van der Waals surface area contributed by atoms with E-state index >= 15 is 0 Å². The Morgan fingerprint density at radius 1 is 1.41 bits per heavy atom. The average Bonchev–Trinajstić information content (AvgIpc) is 2.47. The van der Waals surface area contributed by atoms with Gasteiger partial charge in [0.15, 0.2) is 0 Å². The van der Waals surface area contributed by atoms with Crippen molar-refractivity contribution in [3.8, 4) is 0 Å². The summed E-state index contributed by atoms with van der Waals surface area (Å²) in [4.78, 5) is 17.4. The van der Waals surface area contributed by atoms with Crippen LogP contribution in [-0.4, -0.2) is 30.8 Å². The maximum absolute atomic E-state index is 10.6. The van der Waals surface area contributed by atoms with Crippen LogP contribution in [0.2, 0.25) is 0 Å². The third-order valence-electron chi connectivity index (χ3n) is 5.07. The van der Waals surface area contributed by atoms with Crippen LogP contribution < -0.4 is 10.6 Å². The minimum atomic E-state index is -0.663. The van der Waals surface area contributed by atoms with E-state index in [1.807, 2.05) is 12.3 Å². The molecule has 0 radical (unpaired) electrons. The number of anilines is 1. The summed E-state index contributed by atoms with van der Waals surface area (Å²) in [6, 6.07) is 4.12. The Hall–Kier alpha value is -1.30. The standard InChI is InChI=1S/C16H22BrN3O2/c17-13-1-2-14(19-11-13)20-6-4-16(5-7-20)9-12(10-16)3-8-22-15(18)21/h1-2,11-12H,3-10H2,(H2,18,21). The lowest BCUT2D eigenvalue weighted by molar-refractivity contribution is 0.0133. The summed E-state index contributed by atoms with van der Waals surface area (Å²) in [5.41, 5.74) is 5.50. The molecule has 2 fully saturated rings. The summed E-state index contributed by atoms with van der Waals surface area (Å²) >= 11 is 3.42. The Labute approximate surface area is 139 Å². The van der Waals surface area contributed by atoms with Crippen molar-refractivity contribution in [2.24, 2.45) is 17.1 Å². The number of carbonyl (C=O) groups is 1. The molecule has 0 unspecified atom stereocenters. The van der Waals surface area contributed by atoms with Gasteiger partial charge in [0.1, 0.15) is 5.82 Å². The van der Waals surface area contributed by atoms with E-state index in [0.29, 0.717) is 17.9 Å². The van der Waals surface area contributed by atoms with Crippen LogP contribution in [0.15, 0.2) is 22.8 Å². The van der Waals surface area contributed by atoms with E-state index in [1.54, 1.807) is 0 Å². The van der Waals surface area contributed by atoms with Gasteiger partial charge in [-0.3, -0.25) is 0 Å². The molecule has 1 saturated heterocycles. The molecule has 120 valence electrons. The first kappa shape index (κ1) is 15.6. The van der Waals surface area contributed by atoms with E-state index in [1.165, 1.54) is 25.7 Å². The van der Waals surface area contributed by atoms with Crippen molar-refractivity contribution in [2.75, 3.05) is 24.6 Å². The normalized spacial score (nSPS) is 20.7. The molecule has 1 spiro atoms. The van der Waals surface area contributed by atoms with E-state index in [0.717, 1.165) is 29.8 Å². The fourth-order valence-corrected chi connectivity index (χ4v) is 4.10. The van der Waals surface area contributed by atoms with Crippen molar-refractivity contribution in [1.82, 2.24) is 4.98 Å². The molecule has 0 aromatic carbocycles. The number of hydrogen-bond donors (Lipinski definition) is 1. The van der Waals surface area contributed by atoms with Gasteiger partial charge in [-0.1, -0.05) is 0 Å². The minimum Gasteiger partial charge on any atom is -0.450 e. The topological polar surface area (TPSA) is 68.5 Å². The summed E-state index contributed by atoms with van der Waals surface area (Å²) < 4.78 is 5.85. The number of rotatable bonds is 4. The lowest BCUT2D eigenvalue weighted by atomic mass is 9.57. The van der Waals surface area contributed by atoms with Crippen molar-refractivity contribution in [1.29, 1.82) is 0 Å². The van der Waals surface area contributed by atoms with Crippen molar-refractivity contribution >= 4 is 27.8 Å². The molecule has 2 N–H and O–H groups in total. The van der Waals surface area contributed by atoms with E-state index in [9.17, 15) is 4.79 Å². The quantitative estimate of drug-likeness (QED) is 0.885. The van der Waals surface area contributed by atoms with Crippen LogP contribution in [0.3, 0.4) is 0 Å². The summed E-state index contributed by atoms with van der Waals surface area (Å²) in [5, 5.41) is 0. The highest BCUT2D eigenvalue weighted by atomic mass is 79.9. The number of nitrogens with zero attached hydrogens (tertiary/aromatic N) is 2. The Kier molecular flexibility index (Phi) is 4.57. The third kappa shape index (κ3) is 3.54. The molecule has 0 bridgehead atoms. The van der Waals surface area contributed by atoms with Gasteiger partial charge in [-0.05, 0) is 71.5 Å². The Morgan fingerprint density at radius 3 is 2.73 bits per heavy atom. The van der Waals surface area contributed by atoms with Gasteiger partial charge in [-0.25, -0.2) is 9.78 Å². The molecule has 6 heteroatoms. The number of aromatic nitrogens is 1. The molecule has 1 aliphatic carbocycles. The molecule has 1 aliphatic heterocycles. The predicted molar refractivity (Wildman–Crippen MR) is 88.7 cm³/mol. The van der Waals surface area contributed by atoms with E-state index in [-0.39, 0.29) is 0 Å². The fourth-order valence-electron chi connectivity index (χ4n) is 3.87. The number of piperidine rings is 1. The van der Waals surface area contributed by atoms with Crippen LogP contribution >= 0.6 is 15.9 Å². The van der Waals surface area contributed by atoms with Gasteiger partial charge in [0.25, 0.3) is 0 Å². The maximum Gasteiger partial charge on any atom is 0.404 e. The average molecular weight is 368 g/mol. The van der Waals surface area contributed by atoms with Gasteiger partial charge in [0.2, 0.25) is 0 Å². The zero-order chi connectivity index (χ0) is 15.6. The largest absolute Gasteiger partial charge is 0.450 e. The predicted octanol–water partition coefficient (Wildman–Crippen LogP) is 3.33. The first-order valence-corrected chi connectivity index (χ1v) is 8.64. The zero-order valence-corrected chi connectivity index (χ0v) is 14.2. The lowest BCUT2D eigenvalue weighted by Crippen LogP contribution is -2.47. The highest BCUT2D eigenvalue weighted by Crippen LogP contribution is 2.53. The first-order chi connectivity index (χ1) is 10.6. The summed E-state index contributed by atoms with van der Waals surface area (Å²) in [5.74, 6) is 1.76. The fraction of sp³-hybridized carbons (Fsp3) is 0.625. The van der Waals surface area contributed by atoms with Crippen LogP contribution in [0.5, 0.6) is 0 Å². The van der Waals surface area contributed by atoms with Crippen molar-refractivity contribution in [3.63, 3.8) is 0 Å². The number of nitrogens with two attached hydrogens (primary N) is 1. The second-order valence-electron chi connectivity index (χ2n) is 6.55. The van der Waals surface area contributed by atoms with Crippen LogP contribution in [0.1, 0.15) is 32.1 Å². The number of amides is 1. The van der Waals surface area contributed by atoms with E-state index in [2.05, 4.69) is 31.9 Å². The molecule has 0 atom stereocenters. The van der Waals surface area contributed by atoms with Gasteiger partial charge >= 0.3 is 6.09 Å². The van der Waals surface area contributed by atoms with Gasteiger partial charge in [-0.15, -0.1) is 0 Å². The Balaban J connectivity index is 1.43. The molecule has 5 nitrogen and oxygen atoms in total. The van der Waals surface area contributed by atoms with Crippen LogP contribution in [0.25, 0.3) is 0 Å². The number of hydrogen-bond acceptors (Lipinski definition) is 4. The number of primary amides is 1.